The number of hydrogen-bond acceptors (Lipinski definition) is 1. The maximum atomic E-state index is 2.33. The molecule has 1 unspecified atom stereocenters. The Morgan fingerprint density at radius 2 is 1.87 bits per heavy atom. The van der Waals surface area contributed by atoms with Crippen molar-refractivity contribution in [1.29, 1.82) is 0 Å². The Labute approximate surface area is 141 Å². The van der Waals surface area contributed by atoms with E-state index in [1.807, 2.05) is 11.8 Å². The minimum atomic E-state index is 0.564. The van der Waals surface area contributed by atoms with E-state index in [2.05, 4.69) is 80.6 Å². The maximum Gasteiger partial charge on any atom is 0.0385 e. The number of fused-ring (bicyclic) bond motifs is 2. The molecule has 0 radical (unpaired) electrons. The third kappa shape index (κ3) is 2.82. The molecule has 1 heterocycles. The zero-order chi connectivity index (χ0) is 15.8. The molecule has 1 aliphatic heterocycles. The lowest BCUT2D eigenvalue weighted by Crippen LogP contribution is -2.27. The molecule has 0 saturated carbocycles. The molecule has 1 heteroatoms. The van der Waals surface area contributed by atoms with Crippen LogP contribution in [0.15, 0.2) is 65.6 Å². The maximum absolute atomic E-state index is 2.33. The lowest BCUT2D eigenvalue weighted by molar-refractivity contribution is 1.11. The lowest BCUT2D eigenvalue weighted by atomic mass is 10.0. The summed E-state index contributed by atoms with van der Waals surface area (Å²) >= 11 is 2.00. The molecular formula is C22H20S. The van der Waals surface area contributed by atoms with Crippen LogP contribution in [0.5, 0.6) is 0 Å². The molecule has 1 aliphatic carbocycles. The number of thioether (sulfide) groups is 1. The predicted octanol–water partition coefficient (Wildman–Crippen LogP) is 4.27. The highest BCUT2D eigenvalue weighted by Crippen LogP contribution is 2.35. The third-order valence-electron chi connectivity index (χ3n) is 4.40. The fourth-order valence-electron chi connectivity index (χ4n) is 3.53. The van der Waals surface area contributed by atoms with Crippen LogP contribution < -0.4 is 10.4 Å². The average molecular weight is 316 g/mol. The molecular weight excluding hydrogens is 296 g/mol. The second kappa shape index (κ2) is 5.90. The Hall–Kier alpha value is -1.99. The molecule has 0 saturated heterocycles. The summed E-state index contributed by atoms with van der Waals surface area (Å²) in [6, 6.07) is 13.5. The van der Waals surface area contributed by atoms with Crippen molar-refractivity contribution < 1.29 is 0 Å². The van der Waals surface area contributed by atoms with Gasteiger partial charge in [-0.1, -0.05) is 65.8 Å². The number of allylic oxidation sites excluding steroid dienone is 4. The van der Waals surface area contributed by atoms with Crippen molar-refractivity contribution in [3.05, 3.63) is 87.8 Å². The van der Waals surface area contributed by atoms with Gasteiger partial charge in [0.2, 0.25) is 0 Å². The predicted molar refractivity (Wildman–Crippen MR) is 101 cm³/mol. The number of rotatable bonds is 1. The zero-order valence-corrected chi connectivity index (χ0v) is 14.4. The van der Waals surface area contributed by atoms with Gasteiger partial charge in [-0.05, 0) is 54.0 Å². The smallest absolute Gasteiger partial charge is 0.0385 e. The van der Waals surface area contributed by atoms with E-state index in [9.17, 15) is 0 Å². The molecule has 0 bridgehead atoms. The molecule has 2 aliphatic rings. The van der Waals surface area contributed by atoms with Crippen molar-refractivity contribution >= 4 is 23.4 Å². The van der Waals surface area contributed by atoms with E-state index in [1.54, 1.807) is 0 Å². The highest BCUT2D eigenvalue weighted by atomic mass is 32.2. The van der Waals surface area contributed by atoms with Gasteiger partial charge in [0.1, 0.15) is 0 Å². The monoisotopic (exact) mass is 316 g/mol. The molecule has 0 nitrogen and oxygen atoms in total. The summed E-state index contributed by atoms with van der Waals surface area (Å²) in [5.74, 6) is 0. The molecule has 0 N–H and O–H groups in total. The fourth-order valence-corrected chi connectivity index (χ4v) is 4.88. The molecule has 0 spiro atoms. The summed E-state index contributed by atoms with van der Waals surface area (Å²) in [5, 5.41) is 3.33. The van der Waals surface area contributed by atoms with Crippen molar-refractivity contribution in [3.8, 4) is 0 Å². The summed E-state index contributed by atoms with van der Waals surface area (Å²) in [6.45, 7) is 4.33. The Kier molecular flexibility index (Phi) is 3.74. The van der Waals surface area contributed by atoms with Crippen molar-refractivity contribution in [2.75, 3.05) is 0 Å². The van der Waals surface area contributed by atoms with Crippen LogP contribution in [0.2, 0.25) is 0 Å². The molecule has 0 amide bonds. The third-order valence-corrected chi connectivity index (χ3v) is 5.73. The second-order valence-electron chi connectivity index (χ2n) is 6.37. The van der Waals surface area contributed by atoms with Gasteiger partial charge >= 0.3 is 0 Å². The van der Waals surface area contributed by atoms with Crippen LogP contribution >= 0.6 is 11.8 Å². The van der Waals surface area contributed by atoms with Gasteiger partial charge in [0.15, 0.2) is 0 Å². The zero-order valence-electron chi connectivity index (χ0n) is 13.5. The van der Waals surface area contributed by atoms with Crippen LogP contribution in [0, 0.1) is 13.8 Å². The molecule has 114 valence electrons. The van der Waals surface area contributed by atoms with Crippen LogP contribution in [-0.2, 0) is 0 Å². The summed E-state index contributed by atoms with van der Waals surface area (Å²) in [7, 11) is 0. The first kappa shape index (κ1) is 14.6. The van der Waals surface area contributed by atoms with E-state index < -0.39 is 0 Å². The van der Waals surface area contributed by atoms with Gasteiger partial charge in [0.25, 0.3) is 0 Å². The Balaban J connectivity index is 1.97. The highest BCUT2D eigenvalue weighted by Gasteiger charge is 2.22. The van der Waals surface area contributed by atoms with Crippen molar-refractivity contribution in [2.45, 2.75) is 30.4 Å². The molecule has 1 atom stereocenters. The van der Waals surface area contributed by atoms with Crippen LogP contribution in [-0.4, -0.2) is 5.25 Å². The normalized spacial score (nSPS) is 19.7. The van der Waals surface area contributed by atoms with E-state index >= 15 is 0 Å². The van der Waals surface area contributed by atoms with Gasteiger partial charge in [-0.15, -0.1) is 11.8 Å². The summed E-state index contributed by atoms with van der Waals surface area (Å²) < 4.78 is 0. The number of benzene rings is 2. The van der Waals surface area contributed by atoms with Crippen LogP contribution in [0.4, 0.5) is 0 Å². The quantitative estimate of drug-likeness (QED) is 0.757. The number of hydrogen-bond donors (Lipinski definition) is 0. The van der Waals surface area contributed by atoms with E-state index in [-0.39, 0.29) is 0 Å². The van der Waals surface area contributed by atoms with Crippen molar-refractivity contribution in [1.82, 2.24) is 0 Å². The molecule has 4 rings (SSSR count). The van der Waals surface area contributed by atoms with Gasteiger partial charge in [-0.25, -0.2) is 0 Å². The van der Waals surface area contributed by atoms with Gasteiger partial charge in [0, 0.05) is 10.1 Å². The molecule has 23 heavy (non-hydrogen) atoms. The molecule has 0 aromatic heterocycles. The van der Waals surface area contributed by atoms with E-state index in [4.69, 9.17) is 0 Å². The van der Waals surface area contributed by atoms with Crippen LogP contribution in [0.1, 0.15) is 23.1 Å². The van der Waals surface area contributed by atoms with E-state index in [0.29, 0.717) is 5.25 Å². The van der Waals surface area contributed by atoms with Crippen molar-refractivity contribution in [2.24, 2.45) is 0 Å². The first-order valence-electron chi connectivity index (χ1n) is 8.14. The topological polar surface area (TPSA) is 0 Å². The summed E-state index contributed by atoms with van der Waals surface area (Å²) in [6.07, 6.45) is 12.4. The van der Waals surface area contributed by atoms with Gasteiger partial charge in [0.05, 0.1) is 0 Å². The second-order valence-corrected chi connectivity index (χ2v) is 7.62. The van der Waals surface area contributed by atoms with Gasteiger partial charge in [-0.3, -0.25) is 0 Å². The van der Waals surface area contributed by atoms with Gasteiger partial charge < -0.3 is 0 Å². The first-order valence-corrected chi connectivity index (χ1v) is 9.02. The average Bonchev–Trinajstić information content (AvgIpc) is 2.70. The highest BCUT2D eigenvalue weighted by molar-refractivity contribution is 8.00. The van der Waals surface area contributed by atoms with E-state index in [0.717, 1.165) is 6.42 Å². The fraction of sp³-hybridized carbons (Fsp3) is 0.182. The minimum Gasteiger partial charge on any atom is -0.117 e. The Morgan fingerprint density at radius 3 is 2.70 bits per heavy atom. The number of aryl methyl sites for hydroxylation is 2. The van der Waals surface area contributed by atoms with E-state index in [1.165, 1.54) is 37.6 Å². The SMILES string of the molecule is Cc1cc(C)cc(C=c2cccc3c2=C2C=CC=CCC2S3)c1. The minimum absolute atomic E-state index is 0.564. The standard InChI is InChI=1S/C22H20S/c1-15-11-16(2)13-17(12-15)14-18-7-6-10-21-22(18)19-8-4-3-5-9-20(19)23-21/h3-8,10-14,20H,9H2,1-2H3. The molecule has 0 fully saturated rings. The van der Waals surface area contributed by atoms with Crippen LogP contribution in [0.3, 0.4) is 0 Å². The lowest BCUT2D eigenvalue weighted by Gasteiger charge is -2.06. The Bertz CT molecular complexity index is 924. The summed E-state index contributed by atoms with van der Waals surface area (Å²) in [5.41, 5.74) is 5.41. The van der Waals surface area contributed by atoms with Gasteiger partial charge in [-0.2, -0.15) is 0 Å². The first-order chi connectivity index (χ1) is 11.2. The van der Waals surface area contributed by atoms with Crippen LogP contribution in [0.25, 0.3) is 11.6 Å². The largest absolute Gasteiger partial charge is 0.117 e. The molecule has 2 aromatic carbocycles. The Morgan fingerprint density at radius 1 is 1.04 bits per heavy atom. The molecule has 2 aromatic rings. The van der Waals surface area contributed by atoms with Crippen molar-refractivity contribution in [3.63, 3.8) is 0 Å². The summed E-state index contributed by atoms with van der Waals surface area (Å²) in [4.78, 5) is 1.42.